The molecule has 16 heavy (non-hydrogen) atoms. The quantitative estimate of drug-likeness (QED) is 0.708. The van der Waals surface area contributed by atoms with Gasteiger partial charge in [-0.1, -0.05) is 13.8 Å². The summed E-state index contributed by atoms with van der Waals surface area (Å²) in [4.78, 5) is 4.17. The summed E-state index contributed by atoms with van der Waals surface area (Å²) < 4.78 is 0. The Morgan fingerprint density at radius 1 is 1.00 bits per heavy atom. The fourth-order valence-electron chi connectivity index (χ4n) is 0.823. The molecule has 4 heteroatoms. The van der Waals surface area contributed by atoms with E-state index in [1.807, 2.05) is 32.8 Å². The Balaban J connectivity index is 0. The molecule has 0 aromatic rings. The van der Waals surface area contributed by atoms with Crippen LogP contribution < -0.4 is 0 Å². The van der Waals surface area contributed by atoms with E-state index in [1.165, 1.54) is 0 Å². The van der Waals surface area contributed by atoms with Crippen molar-refractivity contribution < 1.29 is 10.2 Å². The molecular weight excluding hydrogens is 204 g/mol. The minimum absolute atomic E-state index is 0.0694. The van der Waals surface area contributed by atoms with Crippen molar-refractivity contribution in [2.75, 3.05) is 46.9 Å². The third-order valence-electron chi connectivity index (χ3n) is 2.91. The van der Waals surface area contributed by atoms with Gasteiger partial charge in [0.2, 0.25) is 0 Å². The highest BCUT2D eigenvalue weighted by molar-refractivity contribution is 4.74. The number of rotatable bonds is 6. The topological polar surface area (TPSA) is 46.9 Å². The average molecular weight is 234 g/mol. The first-order chi connectivity index (χ1) is 7.35. The lowest BCUT2D eigenvalue weighted by atomic mass is 10.1. The summed E-state index contributed by atoms with van der Waals surface area (Å²) in [6.07, 6.45) is 0. The molecule has 0 unspecified atom stereocenters. The zero-order valence-corrected chi connectivity index (χ0v) is 11.8. The van der Waals surface area contributed by atoms with Gasteiger partial charge in [0.25, 0.3) is 0 Å². The van der Waals surface area contributed by atoms with Crippen LogP contribution in [0.15, 0.2) is 0 Å². The molecule has 0 spiro atoms. The van der Waals surface area contributed by atoms with Gasteiger partial charge in [0.05, 0.1) is 13.2 Å². The predicted molar refractivity (Wildman–Crippen MR) is 69.7 cm³/mol. The highest BCUT2D eigenvalue weighted by Crippen LogP contribution is 2.06. The fraction of sp³-hybridized carbons (Fsp3) is 1.00. The van der Waals surface area contributed by atoms with Gasteiger partial charge >= 0.3 is 0 Å². The first-order valence-corrected chi connectivity index (χ1v) is 5.97. The van der Waals surface area contributed by atoms with Gasteiger partial charge in [-0.25, -0.2) is 0 Å². The third-order valence-corrected chi connectivity index (χ3v) is 2.91. The summed E-state index contributed by atoms with van der Waals surface area (Å²) in [5.74, 6) is 0. The summed E-state index contributed by atoms with van der Waals surface area (Å²) >= 11 is 0. The van der Waals surface area contributed by atoms with Crippen LogP contribution in [-0.4, -0.2) is 72.5 Å². The predicted octanol–water partition coefficient (Wildman–Crippen LogP) is 0.639. The van der Waals surface area contributed by atoms with Gasteiger partial charge in [-0.3, -0.25) is 0 Å². The van der Waals surface area contributed by atoms with E-state index in [-0.39, 0.29) is 18.8 Å². The van der Waals surface area contributed by atoms with E-state index in [9.17, 15) is 0 Å². The van der Waals surface area contributed by atoms with Crippen LogP contribution in [0.25, 0.3) is 0 Å². The van der Waals surface area contributed by atoms with Crippen molar-refractivity contribution in [2.24, 2.45) is 0 Å². The minimum Gasteiger partial charge on any atom is -0.395 e. The van der Waals surface area contributed by atoms with E-state index in [1.54, 1.807) is 0 Å². The SMILES string of the molecule is CCN(CC)CCO.CN(C)C(C)(C)CO. The Morgan fingerprint density at radius 2 is 1.44 bits per heavy atom. The number of hydrogen-bond acceptors (Lipinski definition) is 4. The fourth-order valence-corrected chi connectivity index (χ4v) is 0.823. The summed E-state index contributed by atoms with van der Waals surface area (Å²) in [5.41, 5.74) is -0.0694. The summed E-state index contributed by atoms with van der Waals surface area (Å²) in [6.45, 7) is 11.6. The maximum absolute atomic E-state index is 8.72. The van der Waals surface area contributed by atoms with Gasteiger partial charge in [0.15, 0.2) is 0 Å². The Hall–Kier alpha value is -0.160. The normalized spacial score (nSPS) is 11.6. The number of hydrogen-bond donors (Lipinski definition) is 2. The van der Waals surface area contributed by atoms with Crippen LogP contribution in [-0.2, 0) is 0 Å². The van der Waals surface area contributed by atoms with Crippen molar-refractivity contribution in [3.63, 3.8) is 0 Å². The summed E-state index contributed by atoms with van der Waals surface area (Å²) in [6, 6.07) is 0. The minimum atomic E-state index is -0.0694. The smallest absolute Gasteiger partial charge is 0.0609 e. The third kappa shape index (κ3) is 9.09. The van der Waals surface area contributed by atoms with Crippen LogP contribution in [0.4, 0.5) is 0 Å². The first-order valence-electron chi connectivity index (χ1n) is 5.97. The van der Waals surface area contributed by atoms with Crippen molar-refractivity contribution in [3.8, 4) is 0 Å². The van der Waals surface area contributed by atoms with Gasteiger partial charge in [-0.15, -0.1) is 0 Å². The highest BCUT2D eigenvalue weighted by atomic mass is 16.3. The highest BCUT2D eigenvalue weighted by Gasteiger charge is 2.17. The van der Waals surface area contributed by atoms with Crippen LogP contribution >= 0.6 is 0 Å². The maximum Gasteiger partial charge on any atom is 0.0609 e. The Bertz CT molecular complexity index is 146. The van der Waals surface area contributed by atoms with Crippen LogP contribution in [0.3, 0.4) is 0 Å². The van der Waals surface area contributed by atoms with Crippen LogP contribution in [0.1, 0.15) is 27.7 Å². The van der Waals surface area contributed by atoms with Gasteiger partial charge in [0.1, 0.15) is 0 Å². The van der Waals surface area contributed by atoms with Gasteiger partial charge in [-0.05, 0) is 41.0 Å². The Kier molecular flexibility index (Phi) is 11.4. The molecule has 0 aliphatic rings. The van der Waals surface area contributed by atoms with E-state index in [0.717, 1.165) is 19.6 Å². The second-order valence-corrected chi connectivity index (χ2v) is 4.62. The lowest BCUT2D eigenvalue weighted by Crippen LogP contribution is -2.41. The lowest BCUT2D eigenvalue weighted by Gasteiger charge is -2.29. The maximum atomic E-state index is 8.72. The van der Waals surface area contributed by atoms with E-state index in [2.05, 4.69) is 18.7 Å². The molecule has 0 aliphatic carbocycles. The molecular formula is C12H30N2O2. The van der Waals surface area contributed by atoms with Crippen molar-refractivity contribution in [2.45, 2.75) is 33.2 Å². The molecule has 0 bridgehead atoms. The van der Waals surface area contributed by atoms with Crippen LogP contribution in [0, 0.1) is 0 Å². The molecule has 0 aromatic carbocycles. The van der Waals surface area contributed by atoms with Crippen molar-refractivity contribution in [1.29, 1.82) is 0 Å². The molecule has 100 valence electrons. The Labute approximate surface area is 101 Å². The molecule has 2 N–H and O–H groups in total. The molecule has 0 aromatic heterocycles. The first kappa shape index (κ1) is 18.2. The number of aliphatic hydroxyl groups excluding tert-OH is 2. The monoisotopic (exact) mass is 234 g/mol. The van der Waals surface area contributed by atoms with Gasteiger partial charge < -0.3 is 20.0 Å². The van der Waals surface area contributed by atoms with Gasteiger partial charge in [0, 0.05) is 12.1 Å². The van der Waals surface area contributed by atoms with Crippen LogP contribution in [0.2, 0.25) is 0 Å². The molecule has 4 nitrogen and oxygen atoms in total. The molecule has 0 heterocycles. The van der Waals surface area contributed by atoms with E-state index < -0.39 is 0 Å². The molecule has 0 saturated heterocycles. The van der Waals surface area contributed by atoms with E-state index in [4.69, 9.17) is 10.2 Å². The number of nitrogens with zero attached hydrogens (tertiary/aromatic N) is 2. The molecule has 0 saturated carbocycles. The summed E-state index contributed by atoms with van der Waals surface area (Å²) in [5, 5.41) is 17.2. The molecule has 0 aliphatic heterocycles. The molecule has 0 fully saturated rings. The molecule has 0 radical (unpaired) electrons. The zero-order valence-electron chi connectivity index (χ0n) is 11.8. The van der Waals surface area contributed by atoms with Crippen molar-refractivity contribution in [1.82, 2.24) is 9.80 Å². The molecule has 0 amide bonds. The van der Waals surface area contributed by atoms with Crippen LogP contribution in [0.5, 0.6) is 0 Å². The number of aliphatic hydroxyl groups is 2. The van der Waals surface area contributed by atoms with Gasteiger partial charge in [-0.2, -0.15) is 0 Å². The second-order valence-electron chi connectivity index (χ2n) is 4.62. The Morgan fingerprint density at radius 3 is 1.50 bits per heavy atom. The number of likely N-dealkylation sites (N-methyl/N-ethyl adjacent to an activating group) is 2. The second kappa shape index (κ2) is 10.0. The average Bonchev–Trinajstić information content (AvgIpc) is 2.26. The largest absolute Gasteiger partial charge is 0.395 e. The lowest BCUT2D eigenvalue weighted by molar-refractivity contribution is 0.100. The van der Waals surface area contributed by atoms with E-state index in [0.29, 0.717) is 0 Å². The van der Waals surface area contributed by atoms with Crippen molar-refractivity contribution >= 4 is 0 Å². The van der Waals surface area contributed by atoms with Crippen molar-refractivity contribution in [3.05, 3.63) is 0 Å². The van der Waals surface area contributed by atoms with E-state index >= 15 is 0 Å². The molecule has 0 atom stereocenters. The standard InChI is InChI=1S/2C6H15NO/c1-6(2,5-8)7(3)4;1-3-7(4-2)5-6-8/h8H,5H2,1-4H3;8H,3-6H2,1-2H3. The molecule has 0 rings (SSSR count). The summed E-state index contributed by atoms with van der Waals surface area (Å²) in [7, 11) is 3.91. The zero-order chi connectivity index (χ0) is 13.2.